The number of carbonyl (C=O) groups is 1. The quantitative estimate of drug-likeness (QED) is 0.619. The summed E-state index contributed by atoms with van der Waals surface area (Å²) in [7, 11) is 0. The summed E-state index contributed by atoms with van der Waals surface area (Å²) in [6.45, 7) is 7.12. The van der Waals surface area contributed by atoms with Crippen LogP contribution in [0.2, 0.25) is 0 Å². The van der Waals surface area contributed by atoms with Gasteiger partial charge in [-0.3, -0.25) is 23.9 Å². The number of hydrogen-bond donors (Lipinski definition) is 1. The third-order valence-corrected chi connectivity index (χ3v) is 5.72. The van der Waals surface area contributed by atoms with E-state index in [-0.39, 0.29) is 11.5 Å². The van der Waals surface area contributed by atoms with Gasteiger partial charge in [0.2, 0.25) is 0 Å². The van der Waals surface area contributed by atoms with Crippen LogP contribution in [0.5, 0.6) is 0 Å². The summed E-state index contributed by atoms with van der Waals surface area (Å²) in [6.07, 6.45) is 5.29. The van der Waals surface area contributed by atoms with E-state index < -0.39 is 0 Å². The van der Waals surface area contributed by atoms with Crippen molar-refractivity contribution in [2.45, 2.75) is 39.7 Å². The molecule has 7 nitrogen and oxygen atoms in total. The molecule has 1 aromatic heterocycles. The lowest BCUT2D eigenvalue weighted by atomic mass is 10.1. The fourth-order valence-corrected chi connectivity index (χ4v) is 4.02. The Morgan fingerprint density at radius 3 is 2.71 bits per heavy atom. The number of hydrogen-bond acceptors (Lipinski definition) is 5. The van der Waals surface area contributed by atoms with E-state index in [1.807, 2.05) is 25.1 Å². The zero-order valence-electron chi connectivity index (χ0n) is 18.1. The summed E-state index contributed by atoms with van der Waals surface area (Å²) in [5, 5.41) is 0.584. The highest BCUT2D eigenvalue weighted by atomic mass is 16.6. The van der Waals surface area contributed by atoms with Crippen molar-refractivity contribution in [1.29, 1.82) is 0 Å². The number of carbonyl (C=O) groups excluding carboxylic acids is 1. The lowest BCUT2D eigenvalue weighted by Gasteiger charge is -2.26. The van der Waals surface area contributed by atoms with E-state index in [1.165, 1.54) is 30.2 Å². The van der Waals surface area contributed by atoms with Gasteiger partial charge in [-0.1, -0.05) is 18.6 Å². The molecule has 1 fully saturated rings. The van der Waals surface area contributed by atoms with Gasteiger partial charge in [0.25, 0.3) is 11.5 Å². The Bertz CT molecular complexity index is 1150. The molecular formula is C24H28N4O3. The van der Waals surface area contributed by atoms with Gasteiger partial charge < -0.3 is 0 Å². The predicted molar refractivity (Wildman–Crippen MR) is 120 cm³/mol. The molecular weight excluding hydrogens is 392 g/mol. The van der Waals surface area contributed by atoms with Crippen LogP contribution in [0.15, 0.2) is 47.5 Å². The molecule has 31 heavy (non-hydrogen) atoms. The molecule has 7 heteroatoms. The van der Waals surface area contributed by atoms with Crippen LogP contribution in [0.3, 0.4) is 0 Å². The Labute approximate surface area is 181 Å². The first-order chi connectivity index (χ1) is 15.1. The van der Waals surface area contributed by atoms with E-state index in [4.69, 9.17) is 4.84 Å². The second kappa shape index (κ2) is 9.41. The maximum atomic E-state index is 13.4. The molecule has 0 unspecified atom stereocenters. The molecule has 4 rings (SSSR count). The van der Waals surface area contributed by atoms with Gasteiger partial charge in [-0.05, 0) is 75.2 Å². The van der Waals surface area contributed by atoms with Gasteiger partial charge in [-0.25, -0.2) is 10.5 Å². The number of piperidine rings is 1. The number of nitrogens with one attached hydrogen (secondary N) is 1. The van der Waals surface area contributed by atoms with Crippen molar-refractivity contribution in [3.63, 3.8) is 0 Å². The lowest BCUT2D eigenvalue weighted by Crippen LogP contribution is -2.29. The first-order valence-corrected chi connectivity index (χ1v) is 10.8. The highest BCUT2D eigenvalue weighted by Crippen LogP contribution is 2.19. The summed E-state index contributed by atoms with van der Waals surface area (Å²) < 4.78 is 1.51. The third kappa shape index (κ3) is 4.68. The second-order valence-corrected chi connectivity index (χ2v) is 7.97. The van der Waals surface area contributed by atoms with Gasteiger partial charge in [0.1, 0.15) is 6.33 Å². The molecule has 2 aromatic carbocycles. The number of likely N-dealkylation sites (tertiary alicyclic amines) is 1. The highest BCUT2D eigenvalue weighted by Gasteiger charge is 2.14. The third-order valence-electron chi connectivity index (χ3n) is 5.72. The van der Waals surface area contributed by atoms with Crippen LogP contribution in [-0.2, 0) is 11.4 Å². The van der Waals surface area contributed by atoms with Gasteiger partial charge in [-0.2, -0.15) is 0 Å². The summed E-state index contributed by atoms with van der Waals surface area (Å²) in [4.78, 5) is 37.6. The molecule has 0 atom stereocenters. The van der Waals surface area contributed by atoms with E-state index in [0.717, 1.165) is 30.8 Å². The number of nitrogens with zero attached hydrogens (tertiary/aromatic N) is 3. The SMILES string of the molecule is CCONC(=O)c1ccc(C)c(-n2cnc3ccc(CN4CCCCC4)cc3c2=O)c1. The first-order valence-electron chi connectivity index (χ1n) is 10.8. The largest absolute Gasteiger partial charge is 0.299 e. The fourth-order valence-electron chi connectivity index (χ4n) is 4.02. The summed E-state index contributed by atoms with van der Waals surface area (Å²) >= 11 is 0. The smallest absolute Gasteiger partial charge is 0.274 e. The maximum absolute atomic E-state index is 13.4. The number of aryl methyl sites for hydroxylation is 1. The zero-order chi connectivity index (χ0) is 21.8. The molecule has 2 heterocycles. The van der Waals surface area contributed by atoms with Crippen LogP contribution in [-0.4, -0.2) is 40.1 Å². The van der Waals surface area contributed by atoms with Crippen molar-refractivity contribution < 1.29 is 9.63 Å². The Kier molecular flexibility index (Phi) is 6.44. The van der Waals surface area contributed by atoms with E-state index in [1.54, 1.807) is 19.1 Å². The Hall–Kier alpha value is -3.03. The Balaban J connectivity index is 1.70. The van der Waals surface area contributed by atoms with Crippen LogP contribution >= 0.6 is 0 Å². The average molecular weight is 421 g/mol. The summed E-state index contributed by atoms with van der Waals surface area (Å²) in [5.41, 5.74) is 5.96. The van der Waals surface area contributed by atoms with Crippen LogP contribution in [0.4, 0.5) is 0 Å². The Morgan fingerprint density at radius 2 is 1.94 bits per heavy atom. The van der Waals surface area contributed by atoms with Crippen LogP contribution < -0.4 is 11.0 Å². The molecule has 0 saturated carbocycles. The van der Waals surface area contributed by atoms with Crippen LogP contribution in [0.1, 0.15) is 47.7 Å². The van der Waals surface area contributed by atoms with E-state index in [2.05, 4.69) is 21.4 Å². The number of hydroxylamine groups is 1. The first kappa shape index (κ1) is 21.2. The molecule has 0 radical (unpaired) electrons. The minimum Gasteiger partial charge on any atom is -0.299 e. The summed E-state index contributed by atoms with van der Waals surface area (Å²) in [6, 6.07) is 11.1. The van der Waals surface area contributed by atoms with Gasteiger partial charge in [0.15, 0.2) is 0 Å². The van der Waals surface area contributed by atoms with Crippen molar-refractivity contribution in [1.82, 2.24) is 19.9 Å². The molecule has 162 valence electrons. The van der Waals surface area contributed by atoms with Crippen molar-refractivity contribution >= 4 is 16.8 Å². The average Bonchev–Trinajstić information content (AvgIpc) is 2.79. The topological polar surface area (TPSA) is 76.5 Å². The highest BCUT2D eigenvalue weighted by molar-refractivity contribution is 5.94. The van der Waals surface area contributed by atoms with E-state index >= 15 is 0 Å². The van der Waals surface area contributed by atoms with Crippen molar-refractivity contribution in [3.05, 3.63) is 69.8 Å². The zero-order valence-corrected chi connectivity index (χ0v) is 18.1. The Morgan fingerprint density at radius 1 is 1.13 bits per heavy atom. The van der Waals surface area contributed by atoms with Gasteiger partial charge in [0.05, 0.1) is 23.2 Å². The number of fused-ring (bicyclic) bond motifs is 1. The number of benzene rings is 2. The number of aromatic nitrogens is 2. The molecule has 1 amide bonds. The molecule has 1 aliphatic heterocycles. The normalized spacial score (nSPS) is 14.6. The maximum Gasteiger partial charge on any atom is 0.274 e. The number of amides is 1. The minimum absolute atomic E-state index is 0.143. The number of rotatable bonds is 6. The molecule has 0 bridgehead atoms. The van der Waals surface area contributed by atoms with Crippen LogP contribution in [0.25, 0.3) is 16.6 Å². The van der Waals surface area contributed by atoms with Gasteiger partial charge >= 0.3 is 0 Å². The second-order valence-electron chi connectivity index (χ2n) is 7.97. The molecule has 0 spiro atoms. The van der Waals surface area contributed by atoms with Crippen molar-refractivity contribution in [2.75, 3.05) is 19.7 Å². The molecule has 0 aliphatic carbocycles. The molecule has 1 N–H and O–H groups in total. The van der Waals surface area contributed by atoms with Crippen LogP contribution in [0, 0.1) is 6.92 Å². The standard InChI is InChI=1S/C24H28N4O3/c1-3-31-26-23(29)19-9-7-17(2)22(14-19)28-16-25-21-10-8-18(13-20(21)24(28)30)15-27-11-5-4-6-12-27/h7-10,13-14,16H,3-6,11-12,15H2,1-2H3,(H,26,29). The van der Waals surface area contributed by atoms with Gasteiger partial charge in [-0.15, -0.1) is 0 Å². The molecule has 1 saturated heterocycles. The monoisotopic (exact) mass is 420 g/mol. The van der Waals surface area contributed by atoms with Crippen molar-refractivity contribution in [2.24, 2.45) is 0 Å². The summed E-state index contributed by atoms with van der Waals surface area (Å²) in [5.74, 6) is -0.353. The van der Waals surface area contributed by atoms with Gasteiger partial charge in [0, 0.05) is 12.1 Å². The minimum atomic E-state index is -0.353. The van der Waals surface area contributed by atoms with Crippen molar-refractivity contribution in [3.8, 4) is 5.69 Å². The molecule has 3 aromatic rings. The predicted octanol–water partition coefficient (Wildman–Crippen LogP) is 3.36. The lowest BCUT2D eigenvalue weighted by molar-refractivity contribution is 0.0364. The van der Waals surface area contributed by atoms with E-state index in [0.29, 0.717) is 28.8 Å². The van der Waals surface area contributed by atoms with E-state index in [9.17, 15) is 9.59 Å². The fraction of sp³-hybridized carbons (Fsp3) is 0.375. The molecule has 1 aliphatic rings.